The van der Waals surface area contributed by atoms with Crippen LogP contribution in [0.25, 0.3) is 0 Å². The van der Waals surface area contributed by atoms with Crippen molar-refractivity contribution in [3.8, 4) is 0 Å². The van der Waals surface area contributed by atoms with Crippen LogP contribution in [0.5, 0.6) is 0 Å². The lowest BCUT2D eigenvalue weighted by Crippen LogP contribution is -2.30. The quantitative estimate of drug-likeness (QED) is 0.0199. The van der Waals surface area contributed by atoms with Gasteiger partial charge in [0.05, 0.1) is 0 Å². The van der Waals surface area contributed by atoms with E-state index in [0.717, 1.165) is 51.4 Å². The van der Waals surface area contributed by atoms with Gasteiger partial charge in [0, 0.05) is 19.3 Å². The van der Waals surface area contributed by atoms with Crippen LogP contribution in [0.4, 0.5) is 0 Å². The first-order chi connectivity index (χ1) is 32.5. The van der Waals surface area contributed by atoms with Crippen LogP contribution in [-0.2, 0) is 28.6 Å². The van der Waals surface area contributed by atoms with E-state index in [1.165, 1.54) is 173 Å². The first kappa shape index (κ1) is 62.8. The highest BCUT2D eigenvalue weighted by molar-refractivity contribution is 5.71. The second-order valence-corrected chi connectivity index (χ2v) is 18.6. The summed E-state index contributed by atoms with van der Waals surface area (Å²) in [7, 11) is 0. The molecule has 66 heavy (non-hydrogen) atoms. The standard InChI is InChI=1S/C60H104O6/c1-4-7-10-13-16-19-22-25-27-29-31-32-35-38-41-44-47-50-53-59(62)65-56-57(55-64-58(61)52-49-46-43-40-37-34-24-21-18-15-12-9-6-3)66-60(63)54-51-48-45-42-39-36-33-30-28-26-23-20-17-14-11-8-5-2/h9,12,15,18,21,24,26,28,34,37,40,43,57H,4-8,10-11,13-14,16-17,19-20,22-23,25,27,29-33,35-36,38-39,41-42,44-56H2,1-3H3/b12-9-,18-15-,24-21-,28-26-,37-34-,43-40-. The number of allylic oxidation sites excluding steroid dienone is 12. The monoisotopic (exact) mass is 921 g/mol. The summed E-state index contributed by atoms with van der Waals surface area (Å²) in [5.41, 5.74) is 0. The van der Waals surface area contributed by atoms with Gasteiger partial charge in [0.15, 0.2) is 6.10 Å². The van der Waals surface area contributed by atoms with Crippen molar-refractivity contribution in [2.24, 2.45) is 0 Å². The van der Waals surface area contributed by atoms with Crippen molar-refractivity contribution in [3.63, 3.8) is 0 Å². The van der Waals surface area contributed by atoms with Gasteiger partial charge in [-0.25, -0.2) is 0 Å². The molecule has 0 spiro atoms. The summed E-state index contributed by atoms with van der Waals surface area (Å²) in [5.74, 6) is -0.970. The summed E-state index contributed by atoms with van der Waals surface area (Å²) in [6.07, 6.45) is 69.0. The van der Waals surface area contributed by atoms with E-state index in [2.05, 4.69) is 39.0 Å². The molecule has 0 bridgehead atoms. The largest absolute Gasteiger partial charge is 0.462 e. The lowest BCUT2D eigenvalue weighted by atomic mass is 10.0. The van der Waals surface area contributed by atoms with Gasteiger partial charge in [-0.3, -0.25) is 14.4 Å². The number of carbonyl (C=O) groups excluding carboxylic acids is 3. The Morgan fingerprint density at radius 3 is 1.02 bits per heavy atom. The van der Waals surface area contributed by atoms with E-state index in [0.29, 0.717) is 19.3 Å². The van der Waals surface area contributed by atoms with Crippen LogP contribution in [0.2, 0.25) is 0 Å². The summed E-state index contributed by atoms with van der Waals surface area (Å²) in [6, 6.07) is 0. The fourth-order valence-electron chi connectivity index (χ4n) is 7.88. The smallest absolute Gasteiger partial charge is 0.306 e. The average molecular weight is 921 g/mol. The summed E-state index contributed by atoms with van der Waals surface area (Å²) in [5, 5.41) is 0. The Bertz CT molecular complexity index is 1240. The molecule has 6 heteroatoms. The van der Waals surface area contributed by atoms with Crippen molar-refractivity contribution >= 4 is 17.9 Å². The molecule has 0 amide bonds. The average Bonchev–Trinajstić information content (AvgIpc) is 3.31. The lowest BCUT2D eigenvalue weighted by Gasteiger charge is -2.18. The lowest BCUT2D eigenvalue weighted by molar-refractivity contribution is -0.167. The Hall–Kier alpha value is -3.15. The third-order valence-corrected chi connectivity index (χ3v) is 12.1. The first-order valence-electron chi connectivity index (χ1n) is 28.0. The van der Waals surface area contributed by atoms with Crippen LogP contribution >= 0.6 is 0 Å². The molecular formula is C60H104O6. The van der Waals surface area contributed by atoms with Crippen LogP contribution in [0.15, 0.2) is 72.9 Å². The van der Waals surface area contributed by atoms with E-state index < -0.39 is 6.10 Å². The number of hydrogen-bond acceptors (Lipinski definition) is 6. The second kappa shape index (κ2) is 54.5. The summed E-state index contributed by atoms with van der Waals surface area (Å²) < 4.78 is 16.8. The minimum atomic E-state index is -0.804. The Labute approximate surface area is 408 Å². The first-order valence-corrected chi connectivity index (χ1v) is 28.0. The van der Waals surface area contributed by atoms with Gasteiger partial charge in [-0.2, -0.15) is 0 Å². The zero-order valence-electron chi connectivity index (χ0n) is 43.4. The fraction of sp³-hybridized carbons (Fsp3) is 0.750. The molecular weight excluding hydrogens is 817 g/mol. The zero-order valence-corrected chi connectivity index (χ0v) is 43.4. The molecule has 0 aromatic heterocycles. The maximum atomic E-state index is 12.8. The molecule has 0 aliphatic carbocycles. The predicted octanol–water partition coefficient (Wildman–Crippen LogP) is 18.6. The van der Waals surface area contributed by atoms with Crippen LogP contribution < -0.4 is 0 Å². The molecule has 0 N–H and O–H groups in total. The molecule has 0 radical (unpaired) electrons. The van der Waals surface area contributed by atoms with Gasteiger partial charge < -0.3 is 14.2 Å². The number of esters is 3. The highest BCUT2D eigenvalue weighted by Crippen LogP contribution is 2.16. The zero-order chi connectivity index (χ0) is 47.9. The molecule has 0 saturated heterocycles. The Morgan fingerprint density at radius 1 is 0.318 bits per heavy atom. The van der Waals surface area contributed by atoms with Crippen molar-refractivity contribution < 1.29 is 28.6 Å². The normalized spacial score (nSPS) is 12.6. The van der Waals surface area contributed by atoms with Crippen molar-refractivity contribution in [3.05, 3.63) is 72.9 Å². The Morgan fingerprint density at radius 2 is 0.621 bits per heavy atom. The Kier molecular flexibility index (Phi) is 51.9. The van der Waals surface area contributed by atoms with Gasteiger partial charge in [-0.1, -0.05) is 267 Å². The summed E-state index contributed by atoms with van der Waals surface area (Å²) >= 11 is 0. The molecule has 0 heterocycles. The van der Waals surface area contributed by atoms with Gasteiger partial charge in [0.25, 0.3) is 0 Å². The van der Waals surface area contributed by atoms with Crippen LogP contribution in [0, 0.1) is 0 Å². The van der Waals surface area contributed by atoms with Crippen molar-refractivity contribution in [2.75, 3.05) is 13.2 Å². The number of carbonyl (C=O) groups is 3. The summed E-state index contributed by atoms with van der Waals surface area (Å²) in [4.78, 5) is 38.1. The van der Waals surface area contributed by atoms with Crippen molar-refractivity contribution in [1.82, 2.24) is 0 Å². The second-order valence-electron chi connectivity index (χ2n) is 18.6. The van der Waals surface area contributed by atoms with E-state index in [1.54, 1.807) is 0 Å². The minimum Gasteiger partial charge on any atom is -0.462 e. The molecule has 0 aliphatic rings. The molecule has 0 aromatic rings. The molecule has 0 saturated carbocycles. The highest BCUT2D eigenvalue weighted by Gasteiger charge is 2.19. The molecule has 0 aliphatic heterocycles. The van der Waals surface area contributed by atoms with Gasteiger partial charge in [-0.05, 0) is 57.8 Å². The van der Waals surface area contributed by atoms with E-state index in [1.807, 2.05) is 54.7 Å². The SMILES string of the molecule is CC\C=C/C=C\C=C/C=C\C=C/CCCC(=O)OCC(COC(=O)CCCCCCCCCCCCCCCCCCCC)OC(=O)CCCCCCCCC/C=C\CCCCCCCC. The summed E-state index contributed by atoms with van der Waals surface area (Å²) in [6.45, 7) is 6.45. The maximum Gasteiger partial charge on any atom is 0.306 e. The third kappa shape index (κ3) is 51.8. The van der Waals surface area contributed by atoms with Gasteiger partial charge in [0.1, 0.15) is 13.2 Å². The topological polar surface area (TPSA) is 78.9 Å². The number of hydrogen-bond donors (Lipinski definition) is 0. The van der Waals surface area contributed by atoms with E-state index >= 15 is 0 Å². The number of ether oxygens (including phenoxy) is 3. The third-order valence-electron chi connectivity index (χ3n) is 12.1. The van der Waals surface area contributed by atoms with Crippen molar-refractivity contribution in [2.45, 2.75) is 277 Å². The fourth-order valence-corrected chi connectivity index (χ4v) is 7.88. The molecule has 0 aromatic carbocycles. The van der Waals surface area contributed by atoms with Crippen molar-refractivity contribution in [1.29, 1.82) is 0 Å². The maximum absolute atomic E-state index is 12.8. The molecule has 1 atom stereocenters. The molecule has 6 nitrogen and oxygen atoms in total. The number of rotatable bonds is 50. The van der Waals surface area contributed by atoms with E-state index in [4.69, 9.17) is 14.2 Å². The van der Waals surface area contributed by atoms with Crippen LogP contribution in [0.1, 0.15) is 271 Å². The van der Waals surface area contributed by atoms with E-state index in [9.17, 15) is 14.4 Å². The molecule has 1 unspecified atom stereocenters. The van der Waals surface area contributed by atoms with E-state index in [-0.39, 0.29) is 37.5 Å². The molecule has 380 valence electrons. The number of unbranched alkanes of at least 4 members (excludes halogenated alkanes) is 31. The van der Waals surface area contributed by atoms with Crippen LogP contribution in [0.3, 0.4) is 0 Å². The molecule has 0 fully saturated rings. The van der Waals surface area contributed by atoms with Gasteiger partial charge in [-0.15, -0.1) is 0 Å². The predicted molar refractivity (Wildman–Crippen MR) is 284 cm³/mol. The molecule has 0 rings (SSSR count). The Balaban J connectivity index is 4.42. The van der Waals surface area contributed by atoms with Gasteiger partial charge in [0.2, 0.25) is 0 Å². The minimum absolute atomic E-state index is 0.0973. The van der Waals surface area contributed by atoms with Crippen LogP contribution in [-0.4, -0.2) is 37.2 Å². The highest BCUT2D eigenvalue weighted by atomic mass is 16.6. The van der Waals surface area contributed by atoms with Gasteiger partial charge >= 0.3 is 17.9 Å².